The smallest absolute Gasteiger partial charge is 0.166 e. The Balaban J connectivity index is 1.80. The third kappa shape index (κ3) is 3.79. The lowest BCUT2D eigenvalue weighted by Crippen LogP contribution is -2.11. The number of aromatic nitrogens is 5. The van der Waals surface area contributed by atoms with Gasteiger partial charge in [0.25, 0.3) is 0 Å². The van der Waals surface area contributed by atoms with Gasteiger partial charge >= 0.3 is 0 Å². The molecule has 158 valence electrons. The lowest BCUT2D eigenvalue weighted by atomic mass is 10.2. The first-order valence-electron chi connectivity index (χ1n) is 9.96. The molecular weight excluding hydrogens is 402 g/mol. The van der Waals surface area contributed by atoms with E-state index in [0.29, 0.717) is 22.9 Å². The molecule has 0 fully saturated rings. The van der Waals surface area contributed by atoms with E-state index < -0.39 is 0 Å². The van der Waals surface area contributed by atoms with Crippen molar-refractivity contribution < 1.29 is 4.79 Å². The zero-order chi connectivity index (χ0) is 22.8. The van der Waals surface area contributed by atoms with Crippen LogP contribution in [-0.2, 0) is 0 Å². The molecule has 1 N–H and O–H groups in total. The Bertz CT molecular complexity index is 1430. The number of ketones is 1. The summed E-state index contributed by atoms with van der Waals surface area (Å²) in [5.41, 5.74) is 4.69. The molecule has 0 unspecified atom stereocenters. The maximum absolute atomic E-state index is 12.2. The van der Waals surface area contributed by atoms with Gasteiger partial charge in [-0.1, -0.05) is 12.7 Å². The standard InChI is InChI=1S/C24H21N7O/c1-5-6-15(2)27-18-7-9-22-21(12-18)26-14-30(22)23-10-8-20(17(4)32)24(28-23)31-16(3)11-19(13-25)29-31/h5-12,14,27H,2H2,1,3-4H3/b6-5-. The van der Waals surface area contributed by atoms with Crippen molar-refractivity contribution in [3.8, 4) is 17.7 Å². The number of Topliss-reactive ketones (excluding diaryl/α,β-unsaturated/α-hetero) is 1. The number of carbonyl (C=O) groups is 1. The van der Waals surface area contributed by atoms with Crippen LogP contribution in [0.2, 0.25) is 0 Å². The van der Waals surface area contributed by atoms with Crippen LogP contribution < -0.4 is 5.32 Å². The van der Waals surface area contributed by atoms with E-state index in [1.165, 1.54) is 11.6 Å². The molecule has 8 nitrogen and oxygen atoms in total. The van der Waals surface area contributed by atoms with Crippen molar-refractivity contribution in [2.24, 2.45) is 0 Å². The number of nitriles is 1. The summed E-state index contributed by atoms with van der Waals surface area (Å²) in [6.45, 7) is 9.19. The molecule has 3 aromatic heterocycles. The number of hydrogen-bond donors (Lipinski definition) is 1. The highest BCUT2D eigenvalue weighted by Crippen LogP contribution is 2.24. The highest BCUT2D eigenvalue weighted by Gasteiger charge is 2.17. The van der Waals surface area contributed by atoms with Gasteiger partial charge in [0.15, 0.2) is 17.3 Å². The van der Waals surface area contributed by atoms with Crippen molar-refractivity contribution in [1.82, 2.24) is 24.3 Å². The van der Waals surface area contributed by atoms with E-state index in [1.54, 1.807) is 24.5 Å². The SMILES string of the molecule is C=C(/C=C\C)Nc1ccc2c(c1)ncn2-c1ccc(C(C)=O)c(-n2nc(C#N)cc2C)n1. The molecule has 4 rings (SSSR count). The van der Waals surface area contributed by atoms with E-state index in [4.69, 9.17) is 4.98 Å². The van der Waals surface area contributed by atoms with Crippen molar-refractivity contribution >= 4 is 22.5 Å². The Hall–Kier alpha value is -4.51. The summed E-state index contributed by atoms with van der Waals surface area (Å²) in [5, 5.41) is 16.7. The first-order chi connectivity index (χ1) is 15.4. The molecule has 1 aromatic carbocycles. The Kier molecular flexibility index (Phi) is 5.39. The summed E-state index contributed by atoms with van der Waals surface area (Å²) in [6, 6.07) is 13.0. The van der Waals surface area contributed by atoms with Crippen LogP contribution in [0, 0.1) is 18.3 Å². The molecule has 0 spiro atoms. The number of benzene rings is 1. The average Bonchev–Trinajstić information content (AvgIpc) is 3.36. The van der Waals surface area contributed by atoms with Gasteiger partial charge in [0, 0.05) is 17.1 Å². The number of nitrogens with zero attached hydrogens (tertiary/aromatic N) is 6. The zero-order valence-corrected chi connectivity index (χ0v) is 18.0. The lowest BCUT2D eigenvalue weighted by Gasteiger charge is -2.12. The molecule has 8 heteroatoms. The first kappa shape index (κ1) is 20.8. The van der Waals surface area contributed by atoms with Crippen LogP contribution in [0.15, 0.2) is 67.2 Å². The summed E-state index contributed by atoms with van der Waals surface area (Å²) < 4.78 is 3.37. The quantitative estimate of drug-likeness (QED) is 0.362. The molecule has 0 atom stereocenters. The molecule has 0 radical (unpaired) electrons. The van der Waals surface area contributed by atoms with E-state index in [9.17, 15) is 10.1 Å². The number of hydrogen-bond acceptors (Lipinski definition) is 6. The Morgan fingerprint density at radius 3 is 2.75 bits per heavy atom. The fraction of sp³-hybridized carbons (Fsp3) is 0.125. The predicted octanol–water partition coefficient (Wildman–Crippen LogP) is 4.49. The maximum atomic E-state index is 12.2. The van der Waals surface area contributed by atoms with E-state index in [1.807, 2.05) is 54.8 Å². The number of rotatable bonds is 6. The van der Waals surface area contributed by atoms with Crippen LogP contribution in [0.1, 0.15) is 35.6 Å². The van der Waals surface area contributed by atoms with Crippen LogP contribution in [0.3, 0.4) is 0 Å². The molecule has 0 bridgehead atoms. The monoisotopic (exact) mass is 423 g/mol. The number of anilines is 1. The second kappa shape index (κ2) is 8.32. The van der Waals surface area contributed by atoms with Gasteiger partial charge in [-0.25, -0.2) is 14.6 Å². The van der Waals surface area contributed by atoms with E-state index in [-0.39, 0.29) is 11.5 Å². The minimum absolute atomic E-state index is 0.139. The molecule has 4 aromatic rings. The summed E-state index contributed by atoms with van der Waals surface area (Å²) >= 11 is 0. The number of pyridine rings is 1. The van der Waals surface area contributed by atoms with Crippen molar-refractivity contribution in [2.75, 3.05) is 5.32 Å². The number of fused-ring (bicyclic) bond motifs is 1. The lowest BCUT2D eigenvalue weighted by molar-refractivity contribution is 0.101. The van der Waals surface area contributed by atoms with Crippen molar-refractivity contribution in [3.05, 3.63) is 84.1 Å². The highest BCUT2D eigenvalue weighted by molar-refractivity contribution is 5.97. The van der Waals surface area contributed by atoms with Crippen LogP contribution in [0.5, 0.6) is 0 Å². The fourth-order valence-electron chi connectivity index (χ4n) is 3.45. The minimum Gasteiger partial charge on any atom is -0.356 e. The topological polar surface area (TPSA) is 101 Å². The molecule has 0 aliphatic carbocycles. The van der Waals surface area contributed by atoms with Crippen LogP contribution in [-0.4, -0.2) is 30.1 Å². The normalized spacial score (nSPS) is 11.1. The number of imidazole rings is 1. The van der Waals surface area contributed by atoms with Gasteiger partial charge in [-0.15, -0.1) is 0 Å². The van der Waals surface area contributed by atoms with Crippen LogP contribution >= 0.6 is 0 Å². The third-order valence-electron chi connectivity index (χ3n) is 4.91. The maximum Gasteiger partial charge on any atom is 0.166 e. The average molecular weight is 423 g/mol. The summed E-state index contributed by atoms with van der Waals surface area (Å²) in [7, 11) is 0. The van der Waals surface area contributed by atoms with Gasteiger partial charge < -0.3 is 5.32 Å². The number of allylic oxidation sites excluding steroid dienone is 2. The third-order valence-corrected chi connectivity index (χ3v) is 4.91. The number of aryl methyl sites for hydroxylation is 1. The Labute approximate surface area is 185 Å². The molecule has 0 aliphatic rings. The number of nitrogens with one attached hydrogen (secondary N) is 1. The van der Waals surface area contributed by atoms with Crippen LogP contribution in [0.25, 0.3) is 22.7 Å². The van der Waals surface area contributed by atoms with Gasteiger partial charge in [-0.3, -0.25) is 9.36 Å². The number of carbonyl (C=O) groups excluding carboxylic acids is 1. The second-order valence-corrected chi connectivity index (χ2v) is 7.26. The zero-order valence-electron chi connectivity index (χ0n) is 18.0. The second-order valence-electron chi connectivity index (χ2n) is 7.26. The summed E-state index contributed by atoms with van der Waals surface area (Å²) in [4.78, 5) is 21.4. The van der Waals surface area contributed by atoms with Gasteiger partial charge in [0.05, 0.1) is 16.6 Å². The predicted molar refractivity (Wildman–Crippen MR) is 123 cm³/mol. The fourth-order valence-corrected chi connectivity index (χ4v) is 3.45. The molecule has 0 saturated carbocycles. The van der Waals surface area contributed by atoms with Crippen molar-refractivity contribution in [3.63, 3.8) is 0 Å². The highest BCUT2D eigenvalue weighted by atomic mass is 16.1. The Morgan fingerprint density at radius 1 is 1.25 bits per heavy atom. The molecule has 32 heavy (non-hydrogen) atoms. The van der Waals surface area contributed by atoms with E-state index in [0.717, 1.165) is 22.4 Å². The van der Waals surface area contributed by atoms with Crippen molar-refractivity contribution in [1.29, 1.82) is 5.26 Å². The van der Waals surface area contributed by atoms with E-state index >= 15 is 0 Å². The van der Waals surface area contributed by atoms with Gasteiger partial charge in [0.2, 0.25) is 0 Å². The largest absolute Gasteiger partial charge is 0.356 e. The van der Waals surface area contributed by atoms with Crippen molar-refractivity contribution in [2.45, 2.75) is 20.8 Å². The molecule has 3 heterocycles. The van der Waals surface area contributed by atoms with Crippen LogP contribution in [0.4, 0.5) is 5.69 Å². The summed E-state index contributed by atoms with van der Waals surface area (Å²) in [5.74, 6) is 0.816. The van der Waals surface area contributed by atoms with Gasteiger partial charge in [-0.05, 0) is 63.2 Å². The Morgan fingerprint density at radius 2 is 2.06 bits per heavy atom. The van der Waals surface area contributed by atoms with E-state index in [2.05, 4.69) is 22.0 Å². The van der Waals surface area contributed by atoms with Gasteiger partial charge in [0.1, 0.15) is 18.2 Å². The minimum atomic E-state index is -0.139. The molecule has 0 aliphatic heterocycles. The molecule has 0 saturated heterocycles. The first-order valence-corrected chi connectivity index (χ1v) is 9.96. The summed E-state index contributed by atoms with van der Waals surface area (Å²) in [6.07, 6.45) is 5.49. The van der Waals surface area contributed by atoms with Gasteiger partial charge in [-0.2, -0.15) is 10.4 Å². The molecular formula is C24H21N7O. The molecule has 0 amide bonds.